The second-order valence-corrected chi connectivity index (χ2v) is 5.62. The van der Waals surface area contributed by atoms with Crippen LogP contribution in [-0.4, -0.2) is 30.4 Å². The molecule has 1 saturated heterocycles. The zero-order chi connectivity index (χ0) is 19.4. The molecule has 5 amide bonds. The van der Waals surface area contributed by atoms with Crippen LogP contribution in [-0.2, 0) is 14.4 Å². The van der Waals surface area contributed by atoms with E-state index < -0.39 is 23.8 Å². The molecule has 2 aromatic rings. The second kappa shape index (κ2) is 7.52. The zero-order valence-corrected chi connectivity index (χ0v) is 14.0. The van der Waals surface area contributed by atoms with Gasteiger partial charge in [0.25, 0.3) is 17.7 Å². The summed E-state index contributed by atoms with van der Waals surface area (Å²) in [4.78, 5) is 48.5. The number of nitrogens with zero attached hydrogens (tertiary/aromatic N) is 1. The van der Waals surface area contributed by atoms with Crippen LogP contribution in [0, 0.1) is 0 Å². The Morgan fingerprint density at radius 3 is 2.33 bits per heavy atom. The lowest BCUT2D eigenvalue weighted by molar-refractivity contribution is -0.123. The molecule has 2 aromatic carbocycles. The number of barbiturate groups is 1. The predicted molar refractivity (Wildman–Crippen MR) is 96.6 cm³/mol. The fourth-order valence-corrected chi connectivity index (χ4v) is 2.45. The van der Waals surface area contributed by atoms with Gasteiger partial charge in [-0.3, -0.25) is 19.7 Å². The lowest BCUT2D eigenvalue weighted by atomic mass is 10.1. The maximum Gasteiger partial charge on any atom is 0.335 e. The Kier molecular flexibility index (Phi) is 4.98. The Bertz CT molecular complexity index is 936. The third kappa shape index (κ3) is 4.01. The number of benzene rings is 2. The molecular weight excluding hydrogens is 350 g/mol. The molecule has 0 aromatic heterocycles. The number of nitrogens with one attached hydrogen (secondary N) is 1. The van der Waals surface area contributed by atoms with Crippen LogP contribution in [0.2, 0.25) is 0 Å². The topological polar surface area (TPSA) is 119 Å². The average molecular weight is 365 g/mol. The summed E-state index contributed by atoms with van der Waals surface area (Å²) in [6.45, 7) is -0.254. The molecule has 1 heterocycles. The maximum atomic E-state index is 12.7. The molecule has 0 saturated carbocycles. The van der Waals surface area contributed by atoms with Gasteiger partial charge in [0.1, 0.15) is 11.3 Å². The minimum Gasteiger partial charge on any atom is -0.484 e. The van der Waals surface area contributed by atoms with Gasteiger partial charge >= 0.3 is 6.03 Å². The monoisotopic (exact) mass is 365 g/mol. The van der Waals surface area contributed by atoms with Crippen molar-refractivity contribution in [2.75, 3.05) is 11.5 Å². The van der Waals surface area contributed by atoms with Crippen LogP contribution in [0.15, 0.2) is 60.2 Å². The molecule has 1 aliphatic rings. The summed E-state index contributed by atoms with van der Waals surface area (Å²) >= 11 is 0. The van der Waals surface area contributed by atoms with Crippen molar-refractivity contribution in [1.29, 1.82) is 0 Å². The van der Waals surface area contributed by atoms with Crippen molar-refractivity contribution in [3.63, 3.8) is 0 Å². The molecule has 136 valence electrons. The highest BCUT2D eigenvalue weighted by Crippen LogP contribution is 2.22. The smallest absolute Gasteiger partial charge is 0.335 e. The number of hydrogen-bond donors (Lipinski definition) is 2. The van der Waals surface area contributed by atoms with E-state index in [2.05, 4.69) is 5.32 Å². The van der Waals surface area contributed by atoms with Crippen molar-refractivity contribution < 1.29 is 23.9 Å². The van der Waals surface area contributed by atoms with E-state index in [4.69, 9.17) is 10.5 Å². The maximum absolute atomic E-state index is 12.7. The van der Waals surface area contributed by atoms with Crippen LogP contribution in [0.1, 0.15) is 5.56 Å². The van der Waals surface area contributed by atoms with E-state index in [-0.39, 0.29) is 12.2 Å². The third-order valence-electron chi connectivity index (χ3n) is 3.69. The van der Waals surface area contributed by atoms with Gasteiger partial charge in [-0.2, -0.15) is 0 Å². The largest absolute Gasteiger partial charge is 0.484 e. The van der Waals surface area contributed by atoms with Gasteiger partial charge in [-0.25, -0.2) is 9.69 Å². The minimum atomic E-state index is -0.802. The summed E-state index contributed by atoms with van der Waals surface area (Å²) in [5.74, 6) is -1.68. The summed E-state index contributed by atoms with van der Waals surface area (Å²) in [5.41, 5.74) is 5.73. The SMILES string of the molecule is NC(=O)COc1ccc(C=C2C(=O)NC(=O)N(c3ccccc3)C2=O)cc1. The highest BCUT2D eigenvalue weighted by atomic mass is 16.5. The van der Waals surface area contributed by atoms with E-state index in [0.717, 1.165) is 4.90 Å². The molecule has 0 spiro atoms. The molecule has 1 fully saturated rings. The van der Waals surface area contributed by atoms with Gasteiger partial charge in [0.15, 0.2) is 6.61 Å². The number of carbonyl (C=O) groups excluding carboxylic acids is 4. The van der Waals surface area contributed by atoms with Crippen LogP contribution in [0.25, 0.3) is 6.08 Å². The number of primary amides is 1. The highest BCUT2D eigenvalue weighted by Gasteiger charge is 2.36. The Hall–Kier alpha value is -3.94. The van der Waals surface area contributed by atoms with Crippen molar-refractivity contribution in [1.82, 2.24) is 5.32 Å². The molecule has 1 aliphatic heterocycles. The Morgan fingerprint density at radius 2 is 1.70 bits per heavy atom. The lowest BCUT2D eigenvalue weighted by Crippen LogP contribution is -2.54. The quantitative estimate of drug-likeness (QED) is 0.610. The third-order valence-corrected chi connectivity index (χ3v) is 3.69. The molecule has 0 radical (unpaired) electrons. The first-order valence-corrected chi connectivity index (χ1v) is 7.93. The molecular formula is C19H15N3O5. The number of urea groups is 1. The number of hydrogen-bond acceptors (Lipinski definition) is 5. The van der Waals surface area contributed by atoms with Gasteiger partial charge in [-0.05, 0) is 35.9 Å². The van der Waals surface area contributed by atoms with Crippen molar-refractivity contribution in [2.24, 2.45) is 5.73 Å². The average Bonchev–Trinajstić information content (AvgIpc) is 2.65. The van der Waals surface area contributed by atoms with E-state index >= 15 is 0 Å². The van der Waals surface area contributed by atoms with Crippen LogP contribution in [0.5, 0.6) is 5.75 Å². The van der Waals surface area contributed by atoms with Crippen LogP contribution < -0.4 is 20.7 Å². The molecule has 0 aliphatic carbocycles. The van der Waals surface area contributed by atoms with E-state index in [9.17, 15) is 19.2 Å². The number of para-hydroxylation sites is 1. The highest BCUT2D eigenvalue weighted by molar-refractivity contribution is 6.39. The van der Waals surface area contributed by atoms with E-state index in [1.54, 1.807) is 54.6 Å². The van der Waals surface area contributed by atoms with Crippen LogP contribution in [0.4, 0.5) is 10.5 Å². The first-order valence-electron chi connectivity index (χ1n) is 7.93. The number of amides is 5. The van der Waals surface area contributed by atoms with Crippen LogP contribution >= 0.6 is 0 Å². The summed E-state index contributed by atoms with van der Waals surface area (Å²) in [6, 6.07) is 13.8. The Balaban J connectivity index is 1.86. The lowest BCUT2D eigenvalue weighted by Gasteiger charge is -2.26. The summed E-state index contributed by atoms with van der Waals surface area (Å²) in [7, 11) is 0. The first kappa shape index (κ1) is 17.9. The van der Waals surface area contributed by atoms with E-state index in [1.807, 2.05) is 0 Å². The Labute approximate surface area is 154 Å². The predicted octanol–water partition coefficient (Wildman–Crippen LogP) is 1.22. The molecule has 0 atom stereocenters. The first-order chi connectivity index (χ1) is 13.0. The fraction of sp³-hybridized carbons (Fsp3) is 0.0526. The van der Waals surface area contributed by atoms with E-state index in [1.165, 1.54) is 6.08 Å². The Morgan fingerprint density at radius 1 is 1.04 bits per heavy atom. The molecule has 8 heteroatoms. The summed E-state index contributed by atoms with van der Waals surface area (Å²) < 4.78 is 5.15. The number of imide groups is 2. The zero-order valence-electron chi connectivity index (χ0n) is 14.0. The van der Waals surface area contributed by atoms with Crippen molar-refractivity contribution in [2.45, 2.75) is 0 Å². The second-order valence-electron chi connectivity index (χ2n) is 5.62. The minimum absolute atomic E-state index is 0.177. The van der Waals surface area contributed by atoms with Gasteiger partial charge in [0, 0.05) is 0 Å². The number of ether oxygens (including phenoxy) is 1. The van der Waals surface area contributed by atoms with Gasteiger partial charge in [0.05, 0.1) is 5.69 Å². The van der Waals surface area contributed by atoms with Crippen LogP contribution in [0.3, 0.4) is 0 Å². The van der Waals surface area contributed by atoms with E-state index in [0.29, 0.717) is 17.0 Å². The van der Waals surface area contributed by atoms with Gasteiger partial charge in [-0.1, -0.05) is 30.3 Å². The number of nitrogens with two attached hydrogens (primary N) is 1. The fourth-order valence-electron chi connectivity index (χ4n) is 2.45. The van der Waals surface area contributed by atoms with Gasteiger partial charge < -0.3 is 10.5 Å². The normalized spacial score (nSPS) is 15.6. The van der Waals surface area contributed by atoms with Crippen molar-refractivity contribution in [3.8, 4) is 5.75 Å². The molecule has 0 bridgehead atoms. The number of rotatable bonds is 5. The molecule has 8 nitrogen and oxygen atoms in total. The standard InChI is InChI=1S/C19H15N3O5/c20-16(23)11-27-14-8-6-12(7-9-14)10-15-17(24)21-19(26)22(18(15)25)13-4-2-1-3-5-13/h1-10H,11H2,(H2,20,23)(H,21,24,26). The number of anilines is 1. The molecule has 3 N–H and O–H groups in total. The summed E-state index contributed by atoms with van der Waals surface area (Å²) in [5, 5.41) is 2.16. The molecule has 27 heavy (non-hydrogen) atoms. The number of carbonyl (C=O) groups is 4. The summed E-state index contributed by atoms with van der Waals surface area (Å²) in [6.07, 6.45) is 1.37. The molecule has 0 unspecified atom stereocenters. The van der Waals surface area contributed by atoms with Crippen molar-refractivity contribution >= 4 is 35.5 Å². The molecule has 3 rings (SSSR count). The van der Waals surface area contributed by atoms with Crippen molar-refractivity contribution in [3.05, 3.63) is 65.7 Å². The van der Waals surface area contributed by atoms with Gasteiger partial charge in [-0.15, -0.1) is 0 Å². The van der Waals surface area contributed by atoms with Gasteiger partial charge in [0.2, 0.25) is 0 Å².